The van der Waals surface area contributed by atoms with E-state index in [1.165, 1.54) is 112 Å². The third-order valence-corrected chi connectivity index (χ3v) is 11.3. The van der Waals surface area contributed by atoms with Gasteiger partial charge in [-0.3, -0.25) is 0 Å². The Morgan fingerprint density at radius 2 is 1.08 bits per heavy atom. The van der Waals surface area contributed by atoms with Gasteiger partial charge in [-0.25, -0.2) is 4.98 Å². The smallest absolute Gasteiger partial charge is 0.0716 e. The topological polar surface area (TPSA) is 12.9 Å². The fourth-order valence-corrected chi connectivity index (χ4v) is 8.34. The number of benzene rings is 6. The Morgan fingerprint density at radius 3 is 1.88 bits per heavy atom. The molecular formula is C51H49N. The lowest BCUT2D eigenvalue weighted by Gasteiger charge is -2.22. The van der Waals surface area contributed by atoms with Gasteiger partial charge in [0.1, 0.15) is 0 Å². The molecule has 8 rings (SSSR count). The first-order valence-electron chi connectivity index (χ1n) is 19.4. The first-order chi connectivity index (χ1) is 25.5. The van der Waals surface area contributed by atoms with E-state index in [9.17, 15) is 0 Å². The zero-order chi connectivity index (χ0) is 35.5. The maximum absolute atomic E-state index is 5.31. The number of hydrogen-bond donors (Lipinski definition) is 0. The van der Waals surface area contributed by atoms with E-state index < -0.39 is 0 Å². The average molecular weight is 676 g/mol. The number of fused-ring (bicyclic) bond motifs is 4. The van der Waals surface area contributed by atoms with Crippen molar-refractivity contribution in [1.29, 1.82) is 0 Å². The third kappa shape index (κ3) is 6.73. The van der Waals surface area contributed by atoms with Crippen molar-refractivity contribution in [3.8, 4) is 55.8 Å². The normalized spacial score (nSPS) is 12.9. The third-order valence-electron chi connectivity index (χ3n) is 11.3. The number of aromatic nitrogens is 1. The summed E-state index contributed by atoms with van der Waals surface area (Å²) in [5, 5.41) is 1.17. The van der Waals surface area contributed by atoms with Crippen LogP contribution in [0.5, 0.6) is 0 Å². The molecule has 1 aliphatic carbocycles. The van der Waals surface area contributed by atoms with Crippen molar-refractivity contribution in [3.05, 3.63) is 162 Å². The van der Waals surface area contributed by atoms with Crippen molar-refractivity contribution in [2.24, 2.45) is 0 Å². The van der Waals surface area contributed by atoms with Gasteiger partial charge in [-0.15, -0.1) is 0 Å². The van der Waals surface area contributed by atoms with E-state index >= 15 is 0 Å². The van der Waals surface area contributed by atoms with Gasteiger partial charge in [-0.2, -0.15) is 0 Å². The Kier molecular flexibility index (Phi) is 9.61. The molecule has 0 unspecified atom stereocenters. The van der Waals surface area contributed by atoms with Crippen molar-refractivity contribution < 1.29 is 0 Å². The summed E-state index contributed by atoms with van der Waals surface area (Å²) in [6.07, 6.45) is 10.6. The van der Waals surface area contributed by atoms with Crippen LogP contribution in [0.15, 0.2) is 146 Å². The Labute approximate surface area is 310 Å². The number of pyridine rings is 1. The van der Waals surface area contributed by atoms with E-state index in [1.54, 1.807) is 0 Å². The molecule has 0 atom stereocenters. The van der Waals surface area contributed by atoms with Crippen LogP contribution in [-0.4, -0.2) is 4.98 Å². The van der Waals surface area contributed by atoms with Crippen molar-refractivity contribution in [3.63, 3.8) is 0 Å². The van der Waals surface area contributed by atoms with Crippen molar-refractivity contribution in [1.82, 2.24) is 4.98 Å². The highest BCUT2D eigenvalue weighted by molar-refractivity contribution is 5.99. The lowest BCUT2D eigenvalue weighted by atomic mass is 9.82. The minimum Gasteiger partial charge on any atom is -0.248 e. The Balaban J connectivity index is 1.11. The van der Waals surface area contributed by atoms with Crippen LogP contribution in [0.25, 0.3) is 66.7 Å². The van der Waals surface area contributed by atoms with Gasteiger partial charge in [-0.05, 0) is 104 Å². The molecule has 258 valence electrons. The maximum Gasteiger partial charge on any atom is 0.0716 e. The molecule has 0 saturated heterocycles. The fourth-order valence-electron chi connectivity index (χ4n) is 8.34. The molecule has 0 aliphatic heterocycles. The Hall–Kier alpha value is -5.27. The summed E-state index contributed by atoms with van der Waals surface area (Å²) in [5.74, 6) is 0. The molecule has 0 amide bonds. The molecule has 0 bridgehead atoms. The standard InChI is InChI=1S/C51H49N/c1-4-5-6-7-8-9-11-18-36-19-16-22-38(31-36)39-23-17-24-40(32-39)41-28-30-49-46(33-41)45(37-20-12-10-13-21-37)35-50(52-49)42-27-29-44-43-25-14-15-26-47(43)51(2,3)48(44)34-42/h10,12-17,19-35H,4-9,11,18H2,1-3H3. The first-order valence-corrected chi connectivity index (χ1v) is 19.4. The van der Waals surface area contributed by atoms with Crippen molar-refractivity contribution in [2.75, 3.05) is 0 Å². The molecule has 1 aliphatic rings. The van der Waals surface area contributed by atoms with E-state index in [-0.39, 0.29) is 5.41 Å². The van der Waals surface area contributed by atoms with Gasteiger partial charge in [0.2, 0.25) is 0 Å². The predicted octanol–water partition coefficient (Wildman–Crippen LogP) is 14.5. The molecule has 52 heavy (non-hydrogen) atoms. The molecule has 0 radical (unpaired) electrons. The van der Waals surface area contributed by atoms with E-state index in [0.717, 1.165) is 23.2 Å². The number of nitrogens with zero attached hydrogens (tertiary/aromatic N) is 1. The van der Waals surface area contributed by atoms with Gasteiger partial charge < -0.3 is 0 Å². The highest BCUT2D eigenvalue weighted by Crippen LogP contribution is 2.49. The average Bonchev–Trinajstić information content (AvgIpc) is 3.42. The van der Waals surface area contributed by atoms with Crippen molar-refractivity contribution >= 4 is 10.9 Å². The van der Waals surface area contributed by atoms with Crippen LogP contribution < -0.4 is 0 Å². The van der Waals surface area contributed by atoms with Crippen LogP contribution >= 0.6 is 0 Å². The summed E-state index contributed by atoms with van der Waals surface area (Å²) < 4.78 is 0. The summed E-state index contributed by atoms with van der Waals surface area (Å²) in [6.45, 7) is 6.97. The molecule has 0 saturated carbocycles. The zero-order valence-electron chi connectivity index (χ0n) is 31.0. The van der Waals surface area contributed by atoms with Gasteiger partial charge in [0, 0.05) is 16.4 Å². The summed E-state index contributed by atoms with van der Waals surface area (Å²) in [4.78, 5) is 5.31. The molecule has 0 N–H and O–H groups in total. The fraction of sp³-hybridized carbons (Fsp3) is 0.235. The molecule has 0 spiro atoms. The number of unbranched alkanes of at least 4 members (excludes halogenated alkanes) is 6. The summed E-state index contributed by atoms with van der Waals surface area (Å²) in [7, 11) is 0. The van der Waals surface area contributed by atoms with Crippen LogP contribution in [-0.2, 0) is 11.8 Å². The summed E-state index contributed by atoms with van der Waals surface area (Å²) >= 11 is 0. The molecule has 6 aromatic carbocycles. The highest BCUT2D eigenvalue weighted by Gasteiger charge is 2.35. The second kappa shape index (κ2) is 14.8. The lowest BCUT2D eigenvalue weighted by molar-refractivity contribution is 0.589. The monoisotopic (exact) mass is 675 g/mol. The van der Waals surface area contributed by atoms with Gasteiger partial charge in [0.25, 0.3) is 0 Å². The molecule has 1 heteroatoms. The summed E-state index contributed by atoms with van der Waals surface area (Å²) in [6, 6.07) is 53.9. The maximum atomic E-state index is 5.31. The molecule has 1 nitrogen and oxygen atoms in total. The van der Waals surface area contributed by atoms with E-state index in [0.29, 0.717) is 0 Å². The van der Waals surface area contributed by atoms with E-state index in [2.05, 4.69) is 166 Å². The van der Waals surface area contributed by atoms with Crippen LogP contribution in [0.2, 0.25) is 0 Å². The minimum absolute atomic E-state index is 0.0562. The van der Waals surface area contributed by atoms with Gasteiger partial charge in [0.05, 0.1) is 11.2 Å². The van der Waals surface area contributed by atoms with Crippen LogP contribution in [0.3, 0.4) is 0 Å². The van der Waals surface area contributed by atoms with Crippen LogP contribution in [0.1, 0.15) is 82.4 Å². The number of hydrogen-bond acceptors (Lipinski definition) is 1. The Bertz CT molecular complexity index is 2340. The lowest BCUT2D eigenvalue weighted by Crippen LogP contribution is -2.14. The van der Waals surface area contributed by atoms with Gasteiger partial charge >= 0.3 is 0 Å². The molecule has 1 aromatic heterocycles. The molecule has 0 fully saturated rings. The van der Waals surface area contributed by atoms with E-state index in [4.69, 9.17) is 4.98 Å². The van der Waals surface area contributed by atoms with Crippen molar-refractivity contribution in [2.45, 2.75) is 77.6 Å². The zero-order valence-corrected chi connectivity index (χ0v) is 31.0. The first kappa shape index (κ1) is 33.9. The minimum atomic E-state index is -0.0562. The molecular weight excluding hydrogens is 627 g/mol. The summed E-state index contributed by atoms with van der Waals surface area (Å²) in [5.41, 5.74) is 17.4. The molecule has 7 aromatic rings. The molecule has 1 heterocycles. The SMILES string of the molecule is CCCCCCCCCc1cccc(-c2cccc(-c3ccc4nc(-c5ccc6c(c5)C(C)(C)c5ccccc5-6)cc(-c5ccccc5)c4c3)c2)c1. The second-order valence-electron chi connectivity index (χ2n) is 15.2. The predicted molar refractivity (Wildman–Crippen MR) is 223 cm³/mol. The Morgan fingerprint density at radius 1 is 0.442 bits per heavy atom. The van der Waals surface area contributed by atoms with Gasteiger partial charge in [0.15, 0.2) is 0 Å². The number of rotatable bonds is 12. The highest BCUT2D eigenvalue weighted by atomic mass is 14.7. The van der Waals surface area contributed by atoms with Crippen LogP contribution in [0.4, 0.5) is 0 Å². The van der Waals surface area contributed by atoms with Crippen LogP contribution in [0, 0.1) is 0 Å². The van der Waals surface area contributed by atoms with E-state index in [1.807, 2.05) is 0 Å². The quantitative estimate of drug-likeness (QED) is 0.117. The largest absolute Gasteiger partial charge is 0.248 e. The number of aryl methyl sites for hydroxylation is 1. The second-order valence-corrected chi connectivity index (χ2v) is 15.2. The van der Waals surface area contributed by atoms with Gasteiger partial charge in [-0.1, -0.05) is 175 Å².